The highest BCUT2D eigenvalue weighted by Gasteiger charge is 2.11. The Hall–Kier alpha value is -2.50. The lowest BCUT2D eigenvalue weighted by Gasteiger charge is -1.97. The van der Waals surface area contributed by atoms with Gasteiger partial charge in [-0.15, -0.1) is 0 Å². The molecule has 0 spiro atoms. The van der Waals surface area contributed by atoms with Gasteiger partial charge in [-0.2, -0.15) is 0 Å². The topological polar surface area (TPSA) is 56.5 Å². The Morgan fingerprint density at radius 2 is 2.17 bits per heavy atom. The number of hydrogen-bond donors (Lipinski definition) is 0. The Morgan fingerprint density at radius 1 is 1.44 bits per heavy atom. The minimum absolute atomic E-state index is 0.159. The van der Waals surface area contributed by atoms with Gasteiger partial charge >= 0.3 is 5.97 Å². The molecule has 6 heteroatoms. The fourth-order valence-corrected chi connectivity index (χ4v) is 1.29. The van der Waals surface area contributed by atoms with Crippen LogP contribution in [0.4, 0.5) is 4.39 Å². The quantitative estimate of drug-likeness (QED) is 0.471. The summed E-state index contributed by atoms with van der Waals surface area (Å²) in [6, 6.07) is 5.63. The molecular formula is C12H10FN3O2. The van der Waals surface area contributed by atoms with E-state index in [-0.39, 0.29) is 11.6 Å². The van der Waals surface area contributed by atoms with Gasteiger partial charge in [-0.3, -0.25) is 0 Å². The van der Waals surface area contributed by atoms with Gasteiger partial charge in [0.2, 0.25) is 5.82 Å². The Morgan fingerprint density at radius 3 is 2.78 bits per heavy atom. The SMILES string of the molecule is Cn1ccnc1C(=O)ON=Cc1ccc(F)cc1. The van der Waals surface area contributed by atoms with Gasteiger partial charge in [0.1, 0.15) is 5.82 Å². The first-order chi connectivity index (χ1) is 8.66. The van der Waals surface area contributed by atoms with Crippen LogP contribution in [0.15, 0.2) is 41.8 Å². The molecule has 2 rings (SSSR count). The third-order valence-electron chi connectivity index (χ3n) is 2.21. The monoisotopic (exact) mass is 247 g/mol. The molecule has 0 amide bonds. The molecule has 0 radical (unpaired) electrons. The van der Waals surface area contributed by atoms with Crippen LogP contribution in [0.1, 0.15) is 16.2 Å². The van der Waals surface area contributed by atoms with Crippen molar-refractivity contribution in [1.82, 2.24) is 9.55 Å². The summed E-state index contributed by atoms with van der Waals surface area (Å²) in [5, 5.41) is 3.52. The second-order valence-electron chi connectivity index (χ2n) is 3.53. The van der Waals surface area contributed by atoms with Crippen molar-refractivity contribution in [2.24, 2.45) is 12.2 Å². The summed E-state index contributed by atoms with van der Waals surface area (Å²) in [6.07, 6.45) is 4.43. The van der Waals surface area contributed by atoms with Crippen LogP contribution in [0.2, 0.25) is 0 Å². The van der Waals surface area contributed by atoms with Gasteiger partial charge in [-0.1, -0.05) is 17.3 Å². The Labute approximate surface area is 103 Å². The van der Waals surface area contributed by atoms with Gasteiger partial charge < -0.3 is 9.40 Å². The standard InChI is InChI=1S/C12H10FN3O2/c1-16-7-6-14-11(16)12(17)18-15-8-9-2-4-10(13)5-3-9/h2-8H,1H3. The molecule has 5 nitrogen and oxygen atoms in total. The predicted molar refractivity (Wildman–Crippen MR) is 62.6 cm³/mol. The number of nitrogens with zero attached hydrogens (tertiary/aromatic N) is 3. The molecule has 0 fully saturated rings. The number of carbonyl (C=O) groups is 1. The van der Waals surface area contributed by atoms with Crippen LogP contribution >= 0.6 is 0 Å². The van der Waals surface area contributed by atoms with E-state index in [1.165, 1.54) is 41.2 Å². The molecule has 1 aromatic heterocycles. The molecule has 0 saturated heterocycles. The van der Waals surface area contributed by atoms with Crippen molar-refractivity contribution in [1.29, 1.82) is 0 Å². The molecule has 0 bridgehead atoms. The average molecular weight is 247 g/mol. The number of carbonyl (C=O) groups excluding carboxylic acids is 1. The van der Waals surface area contributed by atoms with Crippen molar-refractivity contribution in [3.63, 3.8) is 0 Å². The minimum atomic E-state index is -0.652. The molecule has 92 valence electrons. The third-order valence-corrected chi connectivity index (χ3v) is 2.21. The fraction of sp³-hybridized carbons (Fsp3) is 0.0833. The van der Waals surface area contributed by atoms with Crippen LogP contribution in [0.3, 0.4) is 0 Å². The number of rotatable bonds is 3. The van der Waals surface area contributed by atoms with Crippen LogP contribution in [-0.2, 0) is 11.9 Å². The maximum Gasteiger partial charge on any atom is 0.400 e. The Bertz CT molecular complexity index is 575. The summed E-state index contributed by atoms with van der Waals surface area (Å²) in [4.78, 5) is 20.0. The summed E-state index contributed by atoms with van der Waals surface area (Å²) in [6.45, 7) is 0. The van der Waals surface area contributed by atoms with Crippen LogP contribution < -0.4 is 0 Å². The van der Waals surface area contributed by atoms with Gasteiger partial charge in [0.15, 0.2) is 0 Å². The number of benzene rings is 1. The van der Waals surface area contributed by atoms with Crippen LogP contribution in [-0.4, -0.2) is 21.7 Å². The molecule has 0 saturated carbocycles. The van der Waals surface area contributed by atoms with E-state index in [1.54, 1.807) is 13.2 Å². The van der Waals surface area contributed by atoms with Crippen molar-refractivity contribution < 1.29 is 14.0 Å². The molecular weight excluding hydrogens is 237 g/mol. The van der Waals surface area contributed by atoms with Gasteiger partial charge in [0, 0.05) is 19.4 Å². The number of hydrogen-bond acceptors (Lipinski definition) is 4. The van der Waals surface area contributed by atoms with Gasteiger partial charge in [-0.05, 0) is 17.7 Å². The molecule has 0 atom stereocenters. The molecule has 0 aliphatic heterocycles. The van der Waals surface area contributed by atoms with Crippen molar-refractivity contribution in [2.45, 2.75) is 0 Å². The molecule has 2 aromatic rings. The predicted octanol–water partition coefficient (Wildman–Crippen LogP) is 1.75. The fourth-order valence-electron chi connectivity index (χ4n) is 1.29. The van der Waals surface area contributed by atoms with E-state index in [0.29, 0.717) is 5.56 Å². The van der Waals surface area contributed by atoms with Gasteiger partial charge in [0.25, 0.3) is 0 Å². The van der Waals surface area contributed by atoms with E-state index in [2.05, 4.69) is 15.0 Å². The smallest absolute Gasteiger partial charge is 0.328 e. The number of aromatic nitrogens is 2. The second-order valence-corrected chi connectivity index (χ2v) is 3.53. The molecule has 1 heterocycles. The van der Waals surface area contributed by atoms with Gasteiger partial charge in [0.05, 0.1) is 6.21 Å². The van der Waals surface area contributed by atoms with Crippen molar-refractivity contribution in [2.75, 3.05) is 0 Å². The first-order valence-electron chi connectivity index (χ1n) is 5.14. The summed E-state index contributed by atoms with van der Waals surface area (Å²) in [5.41, 5.74) is 0.629. The van der Waals surface area contributed by atoms with Crippen LogP contribution in [0.5, 0.6) is 0 Å². The molecule has 0 N–H and O–H groups in total. The third kappa shape index (κ3) is 2.79. The second kappa shape index (κ2) is 5.22. The summed E-state index contributed by atoms with van der Waals surface area (Å²) >= 11 is 0. The van der Waals surface area contributed by atoms with Crippen molar-refractivity contribution in [3.8, 4) is 0 Å². The summed E-state index contributed by atoms with van der Waals surface area (Å²) in [7, 11) is 1.67. The number of oxime groups is 1. The lowest BCUT2D eigenvalue weighted by molar-refractivity contribution is 0.0500. The number of imidazole rings is 1. The summed E-state index contributed by atoms with van der Waals surface area (Å²) < 4.78 is 14.2. The highest BCUT2D eigenvalue weighted by molar-refractivity contribution is 5.86. The van der Waals surface area contributed by atoms with E-state index in [4.69, 9.17) is 0 Å². The molecule has 0 unspecified atom stereocenters. The Kier molecular flexibility index (Phi) is 3.47. The average Bonchev–Trinajstić information content (AvgIpc) is 2.78. The zero-order chi connectivity index (χ0) is 13.0. The minimum Gasteiger partial charge on any atom is -0.328 e. The summed E-state index contributed by atoms with van der Waals surface area (Å²) in [5.74, 6) is -0.829. The zero-order valence-electron chi connectivity index (χ0n) is 9.58. The van der Waals surface area contributed by atoms with E-state index < -0.39 is 5.97 Å². The largest absolute Gasteiger partial charge is 0.400 e. The number of halogens is 1. The lowest BCUT2D eigenvalue weighted by atomic mass is 10.2. The first kappa shape index (κ1) is 12.0. The Balaban J connectivity index is 1.98. The maximum atomic E-state index is 12.6. The van der Waals surface area contributed by atoms with Crippen molar-refractivity contribution >= 4 is 12.2 Å². The van der Waals surface area contributed by atoms with Crippen molar-refractivity contribution in [3.05, 3.63) is 53.9 Å². The van der Waals surface area contributed by atoms with E-state index in [1.807, 2.05) is 0 Å². The van der Waals surface area contributed by atoms with E-state index in [0.717, 1.165) is 0 Å². The number of aryl methyl sites for hydroxylation is 1. The molecule has 18 heavy (non-hydrogen) atoms. The lowest BCUT2D eigenvalue weighted by Crippen LogP contribution is -2.08. The maximum absolute atomic E-state index is 12.6. The first-order valence-corrected chi connectivity index (χ1v) is 5.14. The molecule has 0 aliphatic carbocycles. The zero-order valence-corrected chi connectivity index (χ0v) is 9.58. The van der Waals surface area contributed by atoms with Crippen LogP contribution in [0, 0.1) is 5.82 Å². The highest BCUT2D eigenvalue weighted by Crippen LogP contribution is 2.01. The normalized spacial score (nSPS) is 10.8. The van der Waals surface area contributed by atoms with Gasteiger partial charge in [-0.25, -0.2) is 14.2 Å². The highest BCUT2D eigenvalue weighted by atomic mass is 19.1. The van der Waals surface area contributed by atoms with Crippen LogP contribution in [0.25, 0.3) is 0 Å². The molecule has 1 aromatic carbocycles. The molecule has 0 aliphatic rings. The van der Waals surface area contributed by atoms with E-state index >= 15 is 0 Å². The van der Waals surface area contributed by atoms with E-state index in [9.17, 15) is 9.18 Å².